The predicted molar refractivity (Wildman–Crippen MR) is 76.3 cm³/mol. The van der Waals surface area contributed by atoms with Crippen molar-refractivity contribution < 1.29 is 0 Å². The largest absolute Gasteiger partial charge is 0.316 e. The Hall–Kier alpha value is -0.0800. The van der Waals surface area contributed by atoms with Gasteiger partial charge in [-0.15, -0.1) is 0 Å². The summed E-state index contributed by atoms with van der Waals surface area (Å²) >= 11 is 0. The lowest BCUT2D eigenvalue weighted by Gasteiger charge is -2.30. The highest BCUT2D eigenvalue weighted by atomic mass is 15.1. The van der Waals surface area contributed by atoms with Crippen molar-refractivity contribution in [3.05, 3.63) is 0 Å². The van der Waals surface area contributed by atoms with Crippen LogP contribution in [0.2, 0.25) is 0 Å². The molecule has 1 heterocycles. The highest BCUT2D eigenvalue weighted by molar-refractivity contribution is 4.74. The molecule has 1 aliphatic heterocycles. The smallest absolute Gasteiger partial charge is 0.000387 e. The van der Waals surface area contributed by atoms with Crippen LogP contribution >= 0.6 is 0 Å². The molecule has 0 spiro atoms. The van der Waals surface area contributed by atoms with E-state index >= 15 is 0 Å². The Morgan fingerprint density at radius 2 is 2.12 bits per heavy atom. The van der Waals surface area contributed by atoms with E-state index in [0.717, 1.165) is 17.8 Å². The van der Waals surface area contributed by atoms with Crippen molar-refractivity contribution in [1.82, 2.24) is 10.2 Å². The molecule has 1 saturated heterocycles. The Bertz CT molecular complexity index is 187. The molecule has 0 aromatic carbocycles. The minimum absolute atomic E-state index is 0.839. The van der Waals surface area contributed by atoms with Crippen LogP contribution in [-0.4, -0.2) is 38.1 Å². The highest BCUT2D eigenvalue weighted by Gasteiger charge is 2.19. The third kappa shape index (κ3) is 5.87. The predicted octanol–water partition coefficient (Wildman–Crippen LogP) is 2.99. The first-order valence-corrected chi connectivity index (χ1v) is 7.52. The molecule has 1 N–H and O–H groups in total. The summed E-state index contributed by atoms with van der Waals surface area (Å²) in [5.41, 5.74) is 0. The molecule has 1 fully saturated rings. The van der Waals surface area contributed by atoms with Gasteiger partial charge in [0.1, 0.15) is 0 Å². The summed E-state index contributed by atoms with van der Waals surface area (Å²) in [5.74, 6) is 2.63. The summed E-state index contributed by atoms with van der Waals surface area (Å²) in [6.07, 6.45) is 5.46. The second-order valence-electron chi connectivity index (χ2n) is 6.15. The molecule has 0 amide bonds. The van der Waals surface area contributed by atoms with Crippen molar-refractivity contribution >= 4 is 0 Å². The second-order valence-corrected chi connectivity index (χ2v) is 6.15. The molecule has 0 aromatic heterocycles. The van der Waals surface area contributed by atoms with Gasteiger partial charge in [-0.3, -0.25) is 0 Å². The first-order chi connectivity index (χ1) is 8.13. The zero-order valence-electron chi connectivity index (χ0n) is 12.3. The highest BCUT2D eigenvalue weighted by Crippen LogP contribution is 2.22. The van der Waals surface area contributed by atoms with Crippen molar-refractivity contribution in [3.8, 4) is 0 Å². The molecule has 0 radical (unpaired) electrons. The van der Waals surface area contributed by atoms with E-state index in [1.165, 1.54) is 51.9 Å². The van der Waals surface area contributed by atoms with E-state index in [2.05, 4.69) is 38.0 Å². The van der Waals surface area contributed by atoms with Gasteiger partial charge in [-0.2, -0.15) is 0 Å². The third-order valence-electron chi connectivity index (χ3n) is 4.43. The van der Waals surface area contributed by atoms with Gasteiger partial charge < -0.3 is 10.2 Å². The van der Waals surface area contributed by atoms with Gasteiger partial charge in [0.15, 0.2) is 0 Å². The molecule has 2 heteroatoms. The Balaban J connectivity index is 2.15. The fraction of sp³-hybridized carbons (Fsp3) is 1.00. The number of nitrogens with zero attached hydrogens (tertiary/aromatic N) is 1. The number of piperidine rings is 1. The summed E-state index contributed by atoms with van der Waals surface area (Å²) in [6.45, 7) is 12.1. The monoisotopic (exact) mass is 240 g/mol. The lowest BCUT2D eigenvalue weighted by atomic mass is 9.85. The van der Waals surface area contributed by atoms with E-state index < -0.39 is 0 Å². The zero-order valence-corrected chi connectivity index (χ0v) is 12.3. The summed E-state index contributed by atoms with van der Waals surface area (Å²) in [5, 5.41) is 3.53. The van der Waals surface area contributed by atoms with Crippen LogP contribution < -0.4 is 5.32 Å². The molecular weight excluding hydrogens is 208 g/mol. The Morgan fingerprint density at radius 1 is 1.35 bits per heavy atom. The normalized spacial score (nSPS) is 24.9. The van der Waals surface area contributed by atoms with E-state index in [0.29, 0.717) is 0 Å². The van der Waals surface area contributed by atoms with Crippen LogP contribution in [0.1, 0.15) is 46.5 Å². The SMILES string of the molecule is CCC(C)CN(C)CCC(C)C1CCCNC1. The van der Waals surface area contributed by atoms with Crippen LogP contribution in [0.4, 0.5) is 0 Å². The molecular formula is C15H32N2. The minimum Gasteiger partial charge on any atom is -0.316 e. The number of rotatable bonds is 7. The van der Waals surface area contributed by atoms with E-state index in [1.54, 1.807) is 0 Å². The van der Waals surface area contributed by atoms with Gasteiger partial charge in [0, 0.05) is 6.54 Å². The number of nitrogens with one attached hydrogen (secondary N) is 1. The van der Waals surface area contributed by atoms with E-state index in [9.17, 15) is 0 Å². The van der Waals surface area contributed by atoms with Crippen molar-refractivity contribution in [2.45, 2.75) is 46.5 Å². The van der Waals surface area contributed by atoms with Gasteiger partial charge in [0.25, 0.3) is 0 Å². The lowest BCUT2D eigenvalue weighted by molar-refractivity contribution is 0.219. The third-order valence-corrected chi connectivity index (χ3v) is 4.43. The van der Waals surface area contributed by atoms with Crippen LogP contribution in [0.3, 0.4) is 0 Å². The summed E-state index contributed by atoms with van der Waals surface area (Å²) < 4.78 is 0. The van der Waals surface area contributed by atoms with Crippen molar-refractivity contribution in [3.63, 3.8) is 0 Å². The molecule has 1 aliphatic rings. The molecule has 0 aliphatic carbocycles. The van der Waals surface area contributed by atoms with Gasteiger partial charge in [0.2, 0.25) is 0 Å². The minimum atomic E-state index is 0.839. The summed E-state index contributed by atoms with van der Waals surface area (Å²) in [4.78, 5) is 2.51. The van der Waals surface area contributed by atoms with Crippen LogP contribution in [0.15, 0.2) is 0 Å². The maximum absolute atomic E-state index is 3.53. The molecule has 102 valence electrons. The van der Waals surface area contributed by atoms with Crippen LogP contribution in [0.25, 0.3) is 0 Å². The Labute approximate surface area is 108 Å². The van der Waals surface area contributed by atoms with Crippen molar-refractivity contribution in [1.29, 1.82) is 0 Å². The Kier molecular flexibility index (Phi) is 7.14. The molecule has 3 unspecified atom stereocenters. The fourth-order valence-electron chi connectivity index (χ4n) is 2.78. The molecule has 17 heavy (non-hydrogen) atoms. The quantitative estimate of drug-likeness (QED) is 0.736. The van der Waals surface area contributed by atoms with E-state index in [-0.39, 0.29) is 0 Å². The fourth-order valence-corrected chi connectivity index (χ4v) is 2.78. The number of hydrogen-bond acceptors (Lipinski definition) is 2. The lowest BCUT2D eigenvalue weighted by Crippen LogP contribution is -2.35. The Morgan fingerprint density at radius 3 is 2.71 bits per heavy atom. The number of hydrogen-bond donors (Lipinski definition) is 1. The molecule has 0 bridgehead atoms. The summed E-state index contributed by atoms with van der Waals surface area (Å²) in [6, 6.07) is 0. The molecule has 3 atom stereocenters. The topological polar surface area (TPSA) is 15.3 Å². The van der Waals surface area contributed by atoms with Gasteiger partial charge in [0.05, 0.1) is 0 Å². The van der Waals surface area contributed by atoms with Gasteiger partial charge in [-0.05, 0) is 63.7 Å². The van der Waals surface area contributed by atoms with Crippen LogP contribution in [0, 0.1) is 17.8 Å². The maximum atomic E-state index is 3.53. The zero-order chi connectivity index (χ0) is 12.7. The van der Waals surface area contributed by atoms with Crippen molar-refractivity contribution in [2.24, 2.45) is 17.8 Å². The van der Waals surface area contributed by atoms with Gasteiger partial charge in [-0.25, -0.2) is 0 Å². The second kappa shape index (κ2) is 8.10. The average Bonchev–Trinajstić information content (AvgIpc) is 2.36. The summed E-state index contributed by atoms with van der Waals surface area (Å²) in [7, 11) is 2.28. The van der Waals surface area contributed by atoms with E-state index in [1.807, 2.05) is 0 Å². The van der Waals surface area contributed by atoms with Gasteiger partial charge in [-0.1, -0.05) is 27.2 Å². The standard InChI is InChI=1S/C15H32N2/c1-5-13(2)12-17(4)10-8-14(3)15-7-6-9-16-11-15/h13-16H,5-12H2,1-4H3. The molecule has 1 rings (SSSR count). The van der Waals surface area contributed by atoms with Gasteiger partial charge >= 0.3 is 0 Å². The average molecular weight is 240 g/mol. The maximum Gasteiger partial charge on any atom is 0.000387 e. The molecule has 0 saturated carbocycles. The van der Waals surface area contributed by atoms with Crippen LogP contribution in [0.5, 0.6) is 0 Å². The molecule has 2 nitrogen and oxygen atoms in total. The van der Waals surface area contributed by atoms with Crippen molar-refractivity contribution in [2.75, 3.05) is 33.2 Å². The first kappa shape index (κ1) is 15.0. The van der Waals surface area contributed by atoms with Crippen LogP contribution in [-0.2, 0) is 0 Å². The molecule has 0 aromatic rings. The first-order valence-electron chi connectivity index (χ1n) is 7.52. The van der Waals surface area contributed by atoms with E-state index in [4.69, 9.17) is 0 Å².